The Morgan fingerprint density at radius 1 is 0.971 bits per heavy atom. The van der Waals surface area contributed by atoms with Gasteiger partial charge in [-0.05, 0) is 30.3 Å². The van der Waals surface area contributed by atoms with Gasteiger partial charge in [0.05, 0.1) is 39.4 Å². The van der Waals surface area contributed by atoms with Crippen molar-refractivity contribution in [3.8, 4) is 28.5 Å². The SMILES string of the molecule is CN(C)C(=O)c1cc(-c2c(F)cc3[nH]c(-c4cc(C#N)ccc4Cl)cc(=O)c3c2F)c(F)cc1F. The lowest BCUT2D eigenvalue weighted by Crippen LogP contribution is -2.23. The minimum atomic E-state index is -1.39. The number of aromatic amines is 1. The fourth-order valence-corrected chi connectivity index (χ4v) is 3.90. The molecule has 1 heterocycles. The maximum absolute atomic E-state index is 15.5. The van der Waals surface area contributed by atoms with Crippen LogP contribution in [0.1, 0.15) is 15.9 Å². The Balaban J connectivity index is 1.98. The molecule has 1 amide bonds. The summed E-state index contributed by atoms with van der Waals surface area (Å²) in [5.74, 6) is -6.01. The third-order valence-corrected chi connectivity index (χ3v) is 5.69. The molecule has 0 saturated heterocycles. The van der Waals surface area contributed by atoms with Crippen molar-refractivity contribution in [3.63, 3.8) is 0 Å². The Morgan fingerprint density at radius 2 is 1.69 bits per heavy atom. The number of nitrogens with zero attached hydrogens (tertiary/aromatic N) is 2. The van der Waals surface area contributed by atoms with E-state index in [1.165, 1.54) is 32.3 Å². The average molecular weight is 500 g/mol. The number of fused-ring (bicyclic) bond motifs is 1. The van der Waals surface area contributed by atoms with E-state index in [9.17, 15) is 18.4 Å². The monoisotopic (exact) mass is 499 g/mol. The smallest absolute Gasteiger partial charge is 0.256 e. The average Bonchev–Trinajstić information content (AvgIpc) is 2.79. The number of pyridine rings is 1. The van der Waals surface area contributed by atoms with Crippen molar-refractivity contribution >= 4 is 28.4 Å². The molecule has 1 aromatic heterocycles. The summed E-state index contributed by atoms with van der Waals surface area (Å²) >= 11 is 6.17. The first kappa shape index (κ1) is 24.0. The quantitative estimate of drug-likeness (QED) is 0.370. The number of aromatic nitrogens is 1. The molecule has 0 aliphatic carbocycles. The number of amides is 1. The molecule has 3 aromatic carbocycles. The Hall–Kier alpha value is -4.16. The fraction of sp³-hybridized carbons (Fsp3) is 0.0800. The highest BCUT2D eigenvalue weighted by Crippen LogP contribution is 2.35. The van der Waals surface area contributed by atoms with Crippen molar-refractivity contribution in [1.29, 1.82) is 5.26 Å². The molecule has 0 bridgehead atoms. The van der Waals surface area contributed by atoms with Crippen molar-refractivity contribution in [2.24, 2.45) is 0 Å². The van der Waals surface area contributed by atoms with Crippen molar-refractivity contribution in [2.75, 3.05) is 14.1 Å². The van der Waals surface area contributed by atoms with Crippen LogP contribution in [0.25, 0.3) is 33.3 Å². The van der Waals surface area contributed by atoms with E-state index in [-0.39, 0.29) is 27.4 Å². The van der Waals surface area contributed by atoms with Crippen LogP contribution in [0, 0.1) is 34.6 Å². The Morgan fingerprint density at radius 3 is 2.34 bits per heavy atom. The number of nitriles is 1. The lowest BCUT2D eigenvalue weighted by molar-refractivity contribution is 0.0823. The van der Waals surface area contributed by atoms with Gasteiger partial charge in [-0.1, -0.05) is 11.6 Å². The number of hydrogen-bond donors (Lipinski definition) is 1. The Kier molecular flexibility index (Phi) is 6.09. The summed E-state index contributed by atoms with van der Waals surface area (Å²) in [4.78, 5) is 28.8. The van der Waals surface area contributed by atoms with Crippen LogP contribution in [0.4, 0.5) is 17.6 Å². The van der Waals surface area contributed by atoms with Crippen LogP contribution < -0.4 is 5.43 Å². The minimum Gasteiger partial charge on any atom is -0.354 e. The number of nitrogens with one attached hydrogen (secondary N) is 1. The van der Waals surface area contributed by atoms with E-state index in [1.54, 1.807) is 0 Å². The van der Waals surface area contributed by atoms with Gasteiger partial charge in [-0.2, -0.15) is 5.26 Å². The largest absolute Gasteiger partial charge is 0.354 e. The third kappa shape index (κ3) is 4.13. The molecule has 0 fully saturated rings. The summed E-state index contributed by atoms with van der Waals surface area (Å²) in [7, 11) is 2.66. The summed E-state index contributed by atoms with van der Waals surface area (Å²) in [5.41, 5.74) is -2.77. The van der Waals surface area contributed by atoms with Gasteiger partial charge in [-0.3, -0.25) is 9.59 Å². The summed E-state index contributed by atoms with van der Waals surface area (Å²) in [6.07, 6.45) is 0. The van der Waals surface area contributed by atoms with Gasteiger partial charge in [0.25, 0.3) is 5.91 Å². The number of carbonyl (C=O) groups excluding carboxylic acids is 1. The molecule has 1 N–H and O–H groups in total. The van der Waals surface area contributed by atoms with Gasteiger partial charge < -0.3 is 9.88 Å². The van der Waals surface area contributed by atoms with E-state index >= 15 is 8.78 Å². The van der Waals surface area contributed by atoms with Gasteiger partial charge in [0.1, 0.15) is 23.3 Å². The summed E-state index contributed by atoms with van der Waals surface area (Å²) in [6, 6.07) is 9.09. The normalized spacial score (nSPS) is 10.9. The summed E-state index contributed by atoms with van der Waals surface area (Å²) < 4.78 is 59.4. The fourth-order valence-electron chi connectivity index (χ4n) is 3.68. The summed E-state index contributed by atoms with van der Waals surface area (Å²) in [5, 5.41) is 8.72. The molecule has 4 rings (SSSR count). The molecular weight excluding hydrogens is 486 g/mol. The number of benzene rings is 3. The predicted octanol–water partition coefficient (Wildman–Crippen LogP) is 5.65. The van der Waals surface area contributed by atoms with Crippen molar-refractivity contribution in [3.05, 3.63) is 92.1 Å². The van der Waals surface area contributed by atoms with Crippen molar-refractivity contribution in [1.82, 2.24) is 9.88 Å². The molecule has 176 valence electrons. The van der Waals surface area contributed by atoms with Gasteiger partial charge in [-0.25, -0.2) is 17.6 Å². The van der Waals surface area contributed by atoms with Crippen LogP contribution in [0.15, 0.2) is 47.3 Å². The molecule has 5 nitrogen and oxygen atoms in total. The standard InChI is InChI=1S/C25H14ClF4N3O2/c1-33(2)25(35)14-6-13(16(27)7-17(14)28)22-18(29)8-20-23(24(22)30)21(34)9-19(32-20)12-5-11(10-31)3-4-15(12)26/h3-9H,1-2H3,(H,32,34). The molecule has 4 aromatic rings. The van der Waals surface area contributed by atoms with Gasteiger partial charge in [0, 0.05) is 42.4 Å². The van der Waals surface area contributed by atoms with E-state index in [0.717, 1.165) is 17.0 Å². The first-order valence-corrected chi connectivity index (χ1v) is 10.4. The van der Waals surface area contributed by atoms with E-state index in [2.05, 4.69) is 4.98 Å². The minimum absolute atomic E-state index is 0.1000. The van der Waals surface area contributed by atoms with Gasteiger partial charge >= 0.3 is 0 Å². The first-order chi connectivity index (χ1) is 16.5. The maximum Gasteiger partial charge on any atom is 0.256 e. The number of halogens is 5. The van der Waals surface area contributed by atoms with E-state index in [1.807, 2.05) is 6.07 Å². The summed E-state index contributed by atoms with van der Waals surface area (Å²) in [6.45, 7) is 0. The zero-order chi connectivity index (χ0) is 25.6. The second kappa shape index (κ2) is 8.89. The molecule has 0 radical (unpaired) electrons. The van der Waals surface area contributed by atoms with E-state index < -0.39 is 56.7 Å². The molecule has 0 saturated carbocycles. The second-order valence-corrected chi connectivity index (χ2v) is 8.24. The maximum atomic E-state index is 15.5. The van der Waals surface area contributed by atoms with Crippen LogP contribution >= 0.6 is 11.6 Å². The topological polar surface area (TPSA) is 77.0 Å². The van der Waals surface area contributed by atoms with E-state index in [4.69, 9.17) is 16.9 Å². The first-order valence-electron chi connectivity index (χ1n) is 9.99. The molecule has 0 aliphatic heterocycles. The third-order valence-electron chi connectivity index (χ3n) is 5.36. The van der Waals surface area contributed by atoms with Crippen molar-refractivity contribution in [2.45, 2.75) is 0 Å². The Labute approximate surface area is 200 Å². The molecule has 0 aliphatic rings. The lowest BCUT2D eigenvalue weighted by atomic mass is 9.97. The highest BCUT2D eigenvalue weighted by Gasteiger charge is 2.25. The molecule has 0 atom stereocenters. The molecular formula is C25H14ClF4N3O2. The Bertz CT molecular complexity index is 1640. The van der Waals surface area contributed by atoms with Crippen LogP contribution in [-0.4, -0.2) is 29.9 Å². The highest BCUT2D eigenvalue weighted by molar-refractivity contribution is 6.33. The molecule has 35 heavy (non-hydrogen) atoms. The zero-order valence-corrected chi connectivity index (χ0v) is 18.9. The number of hydrogen-bond acceptors (Lipinski definition) is 3. The molecule has 0 spiro atoms. The number of rotatable bonds is 3. The van der Waals surface area contributed by atoms with Crippen LogP contribution in [0.5, 0.6) is 0 Å². The number of carbonyl (C=O) groups is 1. The highest BCUT2D eigenvalue weighted by atomic mass is 35.5. The van der Waals surface area contributed by atoms with Crippen LogP contribution in [0.3, 0.4) is 0 Å². The molecule has 10 heteroatoms. The lowest BCUT2D eigenvalue weighted by Gasteiger charge is -2.15. The van der Waals surface area contributed by atoms with E-state index in [0.29, 0.717) is 12.1 Å². The zero-order valence-electron chi connectivity index (χ0n) is 18.1. The van der Waals surface area contributed by atoms with Gasteiger partial charge in [0.15, 0.2) is 5.43 Å². The second-order valence-electron chi connectivity index (χ2n) is 7.84. The van der Waals surface area contributed by atoms with Gasteiger partial charge in [-0.15, -0.1) is 0 Å². The number of H-pyrrole nitrogens is 1. The van der Waals surface area contributed by atoms with Crippen molar-refractivity contribution < 1.29 is 22.4 Å². The predicted molar refractivity (Wildman–Crippen MR) is 123 cm³/mol. The van der Waals surface area contributed by atoms with Gasteiger partial charge in [0.2, 0.25) is 0 Å². The van der Waals surface area contributed by atoms with Crippen LogP contribution in [0.2, 0.25) is 5.02 Å². The van der Waals surface area contributed by atoms with Crippen LogP contribution in [-0.2, 0) is 0 Å². The molecule has 0 unspecified atom stereocenters.